The number of nitro benzene ring substituents is 1. The third-order valence-electron chi connectivity index (χ3n) is 5.99. The molecule has 0 aromatic heterocycles. The van der Waals surface area contributed by atoms with E-state index in [0.29, 0.717) is 5.56 Å². The number of aromatic hydroxyl groups is 1. The molecular weight excluding hydrogens is 398 g/mol. The number of rotatable bonds is 4. The van der Waals surface area contributed by atoms with Gasteiger partial charge in [-0.3, -0.25) is 10.1 Å². The average Bonchev–Trinajstić information content (AvgIpc) is 2.73. The normalized spacial score (nSPS) is 10.9. The fourth-order valence-electron chi connectivity index (χ4n) is 4.31. The van der Waals surface area contributed by atoms with E-state index in [9.17, 15) is 15.2 Å². The molecule has 0 aliphatic rings. The van der Waals surface area contributed by atoms with Crippen molar-refractivity contribution in [2.75, 3.05) is 0 Å². The number of phenols is 1. The minimum atomic E-state index is -0.346. The Labute approximate surface area is 188 Å². The Bertz CT molecular complexity index is 1360. The van der Waals surface area contributed by atoms with E-state index in [1.165, 1.54) is 11.1 Å². The van der Waals surface area contributed by atoms with Crippen molar-refractivity contribution in [2.45, 2.75) is 27.7 Å². The van der Waals surface area contributed by atoms with E-state index in [1.54, 1.807) is 25.1 Å². The van der Waals surface area contributed by atoms with Crippen LogP contribution in [0.4, 0.5) is 5.69 Å². The first-order valence-corrected chi connectivity index (χ1v) is 10.5. The van der Waals surface area contributed by atoms with Gasteiger partial charge in [0.2, 0.25) is 0 Å². The topological polar surface area (TPSA) is 63.4 Å². The second-order valence-electron chi connectivity index (χ2n) is 8.32. The highest BCUT2D eigenvalue weighted by atomic mass is 16.6. The van der Waals surface area contributed by atoms with Crippen molar-refractivity contribution in [1.82, 2.24) is 0 Å². The number of hydrogen-bond donors (Lipinski definition) is 1. The van der Waals surface area contributed by atoms with Crippen LogP contribution in [0.15, 0.2) is 72.8 Å². The summed E-state index contributed by atoms with van der Waals surface area (Å²) in [4.78, 5) is 10.8. The Kier molecular flexibility index (Phi) is 5.54. The number of hydrogen-bond acceptors (Lipinski definition) is 3. The van der Waals surface area contributed by atoms with Crippen LogP contribution in [0.25, 0.3) is 33.4 Å². The Balaban J connectivity index is 1.69. The summed E-state index contributed by atoms with van der Waals surface area (Å²) in [6.07, 6.45) is 0. The zero-order valence-corrected chi connectivity index (χ0v) is 18.6. The molecule has 160 valence electrons. The Morgan fingerprint density at radius 1 is 0.594 bits per heavy atom. The number of nitro groups is 1. The monoisotopic (exact) mass is 423 g/mol. The van der Waals surface area contributed by atoms with Crippen molar-refractivity contribution >= 4 is 5.69 Å². The highest BCUT2D eigenvalue weighted by molar-refractivity contribution is 5.78. The lowest BCUT2D eigenvalue weighted by Crippen LogP contribution is -1.93. The minimum Gasteiger partial charge on any atom is -0.508 e. The van der Waals surface area contributed by atoms with Gasteiger partial charge in [0.1, 0.15) is 5.75 Å². The van der Waals surface area contributed by atoms with Crippen LogP contribution in [-0.2, 0) is 0 Å². The first-order chi connectivity index (χ1) is 15.2. The molecule has 0 radical (unpaired) electrons. The highest BCUT2D eigenvalue weighted by Gasteiger charge is 2.13. The van der Waals surface area contributed by atoms with E-state index in [4.69, 9.17) is 0 Å². The molecule has 0 heterocycles. The molecule has 0 aliphatic carbocycles. The summed E-state index contributed by atoms with van der Waals surface area (Å²) < 4.78 is 0. The molecule has 4 rings (SSSR count). The van der Waals surface area contributed by atoms with Crippen molar-refractivity contribution in [3.05, 3.63) is 105 Å². The van der Waals surface area contributed by atoms with Gasteiger partial charge in [-0.15, -0.1) is 0 Å². The Morgan fingerprint density at radius 2 is 1.00 bits per heavy atom. The first kappa shape index (κ1) is 21.3. The van der Waals surface area contributed by atoms with Gasteiger partial charge in [0, 0.05) is 11.6 Å². The number of benzene rings is 4. The van der Waals surface area contributed by atoms with Crippen LogP contribution in [0.5, 0.6) is 5.75 Å². The van der Waals surface area contributed by atoms with Crippen LogP contribution in [0, 0.1) is 37.8 Å². The molecule has 0 unspecified atom stereocenters. The summed E-state index contributed by atoms with van der Waals surface area (Å²) in [5.74, 6) is 0.276. The van der Waals surface area contributed by atoms with Crippen molar-refractivity contribution in [3.8, 4) is 39.1 Å². The van der Waals surface area contributed by atoms with E-state index >= 15 is 0 Å². The van der Waals surface area contributed by atoms with Gasteiger partial charge in [-0.2, -0.15) is 0 Å². The summed E-state index contributed by atoms with van der Waals surface area (Å²) in [5, 5.41) is 20.8. The Hall–Kier alpha value is -3.92. The molecule has 4 aromatic carbocycles. The van der Waals surface area contributed by atoms with E-state index in [0.717, 1.165) is 38.9 Å². The van der Waals surface area contributed by atoms with E-state index in [1.807, 2.05) is 25.1 Å². The molecule has 4 nitrogen and oxygen atoms in total. The molecule has 0 amide bonds. The molecule has 1 N–H and O–H groups in total. The molecule has 32 heavy (non-hydrogen) atoms. The van der Waals surface area contributed by atoms with Crippen LogP contribution in [0.2, 0.25) is 0 Å². The molecule has 0 saturated carbocycles. The maximum Gasteiger partial charge on any atom is 0.272 e. The van der Waals surface area contributed by atoms with Gasteiger partial charge in [-0.25, -0.2) is 0 Å². The largest absolute Gasteiger partial charge is 0.508 e. The van der Waals surface area contributed by atoms with Crippen molar-refractivity contribution in [2.24, 2.45) is 0 Å². The fraction of sp³-hybridized carbons (Fsp3) is 0.143. The molecule has 4 aromatic rings. The van der Waals surface area contributed by atoms with E-state index in [2.05, 4.69) is 50.2 Å². The van der Waals surface area contributed by atoms with Crippen LogP contribution in [-0.4, -0.2) is 10.0 Å². The average molecular weight is 424 g/mol. The van der Waals surface area contributed by atoms with E-state index < -0.39 is 0 Å². The molecule has 4 heteroatoms. The van der Waals surface area contributed by atoms with Crippen LogP contribution in [0.3, 0.4) is 0 Å². The quantitative estimate of drug-likeness (QED) is 0.272. The molecule has 0 atom stereocenters. The lowest BCUT2D eigenvalue weighted by Gasteiger charge is -2.14. The smallest absolute Gasteiger partial charge is 0.272 e. The van der Waals surface area contributed by atoms with Gasteiger partial charge in [-0.05, 0) is 102 Å². The number of aryl methyl sites for hydroxylation is 4. The van der Waals surface area contributed by atoms with Gasteiger partial charge in [-0.1, -0.05) is 42.5 Å². The molecular formula is C28H25NO3. The summed E-state index contributed by atoms with van der Waals surface area (Å²) in [6, 6.07) is 23.5. The minimum absolute atomic E-state index is 0.141. The lowest BCUT2D eigenvalue weighted by atomic mass is 9.91. The predicted molar refractivity (Wildman–Crippen MR) is 130 cm³/mol. The van der Waals surface area contributed by atoms with Crippen LogP contribution in [0.1, 0.15) is 22.3 Å². The zero-order chi connectivity index (χ0) is 23.0. The number of phenolic OH excluding ortho intramolecular Hbond substituents is 1. The maximum atomic E-state index is 11.1. The maximum absolute atomic E-state index is 11.1. The van der Waals surface area contributed by atoms with Gasteiger partial charge >= 0.3 is 0 Å². The first-order valence-electron chi connectivity index (χ1n) is 10.5. The molecule has 0 spiro atoms. The molecule has 0 fully saturated rings. The summed E-state index contributed by atoms with van der Waals surface area (Å²) >= 11 is 0. The highest BCUT2D eigenvalue weighted by Crippen LogP contribution is 2.34. The number of nitrogens with zero attached hydrogens (tertiary/aromatic N) is 1. The second kappa shape index (κ2) is 8.31. The lowest BCUT2D eigenvalue weighted by molar-refractivity contribution is -0.385. The third kappa shape index (κ3) is 4.00. The second-order valence-corrected chi connectivity index (χ2v) is 8.32. The summed E-state index contributed by atoms with van der Waals surface area (Å²) in [7, 11) is 0. The molecule has 0 aliphatic heterocycles. The van der Waals surface area contributed by atoms with Gasteiger partial charge in [0.25, 0.3) is 5.69 Å². The van der Waals surface area contributed by atoms with Gasteiger partial charge in [0.15, 0.2) is 0 Å². The van der Waals surface area contributed by atoms with E-state index in [-0.39, 0.29) is 16.4 Å². The standard InChI is InChI=1S/C28H25NO3/c1-17-14-22(27-11-8-24(30)16-19(27)3)6-9-25(17)21-5-10-26(18(2)13-21)23-7-12-28(29(31)32)20(4)15-23/h5-16,30H,1-4H3. The summed E-state index contributed by atoms with van der Waals surface area (Å²) in [6.45, 7) is 7.95. The van der Waals surface area contributed by atoms with Crippen LogP contribution < -0.4 is 0 Å². The Morgan fingerprint density at radius 3 is 1.41 bits per heavy atom. The van der Waals surface area contributed by atoms with Crippen molar-refractivity contribution in [1.29, 1.82) is 0 Å². The zero-order valence-electron chi connectivity index (χ0n) is 18.6. The van der Waals surface area contributed by atoms with Gasteiger partial charge < -0.3 is 5.11 Å². The molecule has 0 saturated heterocycles. The van der Waals surface area contributed by atoms with Crippen molar-refractivity contribution in [3.63, 3.8) is 0 Å². The SMILES string of the molecule is Cc1cc(O)ccc1-c1ccc(-c2ccc(-c3ccc([N+](=O)[O-])c(C)c3)c(C)c2)c(C)c1. The fourth-order valence-corrected chi connectivity index (χ4v) is 4.31. The predicted octanol–water partition coefficient (Wildman–Crippen LogP) is 7.54. The molecule has 0 bridgehead atoms. The third-order valence-corrected chi connectivity index (χ3v) is 5.99. The van der Waals surface area contributed by atoms with Crippen molar-refractivity contribution < 1.29 is 10.0 Å². The van der Waals surface area contributed by atoms with Gasteiger partial charge in [0.05, 0.1) is 4.92 Å². The van der Waals surface area contributed by atoms with Crippen LogP contribution >= 0.6 is 0 Å². The summed E-state index contributed by atoms with van der Waals surface area (Å²) in [5.41, 5.74) is 10.7.